The van der Waals surface area contributed by atoms with Crippen molar-refractivity contribution < 1.29 is 19.1 Å². The van der Waals surface area contributed by atoms with Crippen LogP contribution < -0.4 is 20.5 Å². The third kappa shape index (κ3) is 4.64. The van der Waals surface area contributed by atoms with E-state index in [-0.39, 0.29) is 35.2 Å². The van der Waals surface area contributed by atoms with E-state index in [1.54, 1.807) is 26.0 Å². The minimum atomic E-state index is -1.88. The number of carbonyl (C=O) groups is 2. The molecule has 2 atom stereocenters. The Bertz CT molecular complexity index is 1010. The molecule has 2 aromatic carbocycles. The lowest BCUT2D eigenvalue weighted by atomic mass is 9.82. The van der Waals surface area contributed by atoms with Crippen LogP contribution in [0.25, 0.3) is 0 Å². The first-order chi connectivity index (χ1) is 14.5. The summed E-state index contributed by atoms with van der Waals surface area (Å²) in [6.45, 7) is 9.48. The van der Waals surface area contributed by atoms with Gasteiger partial charge in [-0.25, -0.2) is 0 Å². The smallest absolute Gasteiger partial charge is 0.298 e. The zero-order valence-corrected chi connectivity index (χ0v) is 19.2. The number of para-hydroxylation sites is 1. The number of anilines is 1. The van der Waals surface area contributed by atoms with Crippen LogP contribution >= 0.6 is 11.6 Å². The summed E-state index contributed by atoms with van der Waals surface area (Å²) in [5, 5.41) is 1.02. The Balaban J connectivity index is 2.19. The molecule has 0 fully saturated rings. The van der Waals surface area contributed by atoms with E-state index in [0.717, 1.165) is 0 Å². The molecule has 1 aliphatic heterocycles. The van der Waals surface area contributed by atoms with E-state index in [0.29, 0.717) is 29.0 Å². The topological polar surface area (TPSA) is 88.4 Å². The molecule has 6 nitrogen and oxygen atoms in total. The number of nitrogens with one attached hydrogen (secondary N) is 2. The standard InChI is InChI=1S/C24H28ClN2O4/c1-6-24(25,22(26)29)31-20-14(2)12-17-18(15(3)13-23(4,5)30-17)19(20)21(28)27-16-10-8-7-9-11-16/h7-12,15,26H,6,13H2,1-5H3,(H,27,28). The Hall–Kier alpha value is -2.73. The van der Waals surface area contributed by atoms with Crippen LogP contribution in [0.15, 0.2) is 36.4 Å². The van der Waals surface area contributed by atoms with Gasteiger partial charge in [0.1, 0.15) is 17.1 Å². The van der Waals surface area contributed by atoms with Gasteiger partial charge in [0.05, 0.1) is 5.56 Å². The van der Waals surface area contributed by atoms with Crippen molar-refractivity contribution in [2.75, 3.05) is 5.32 Å². The van der Waals surface area contributed by atoms with Crippen molar-refractivity contribution >= 4 is 29.1 Å². The molecule has 0 saturated carbocycles. The fraction of sp³-hybridized carbons (Fsp3) is 0.417. The molecule has 1 radical (unpaired) electrons. The summed E-state index contributed by atoms with van der Waals surface area (Å²) < 4.78 is 12.1. The van der Waals surface area contributed by atoms with Gasteiger partial charge in [-0.2, -0.15) is 0 Å². The Labute approximate surface area is 188 Å². The molecule has 0 spiro atoms. The molecule has 2 unspecified atom stereocenters. The van der Waals surface area contributed by atoms with E-state index in [2.05, 4.69) is 5.32 Å². The molecule has 0 saturated heterocycles. The van der Waals surface area contributed by atoms with Gasteiger partial charge in [-0.1, -0.05) is 43.6 Å². The molecule has 2 aromatic rings. The van der Waals surface area contributed by atoms with Crippen molar-refractivity contribution in [3.63, 3.8) is 0 Å². The van der Waals surface area contributed by atoms with Gasteiger partial charge in [0.2, 0.25) is 0 Å². The van der Waals surface area contributed by atoms with E-state index < -0.39 is 11.0 Å². The maximum absolute atomic E-state index is 13.5. The average Bonchev–Trinajstić information content (AvgIpc) is 2.68. The van der Waals surface area contributed by atoms with Crippen LogP contribution in [0.4, 0.5) is 5.69 Å². The molecule has 0 aromatic heterocycles. The fourth-order valence-corrected chi connectivity index (χ4v) is 4.13. The van der Waals surface area contributed by atoms with Crippen LogP contribution in [0.5, 0.6) is 11.5 Å². The number of halogens is 1. The minimum Gasteiger partial charge on any atom is -0.488 e. The predicted octanol–water partition coefficient (Wildman–Crippen LogP) is 5.45. The number of aryl methyl sites for hydroxylation is 1. The van der Waals surface area contributed by atoms with Gasteiger partial charge in [-0.15, -0.1) is 0 Å². The molecule has 0 bridgehead atoms. The maximum Gasteiger partial charge on any atom is 0.298 e. The quantitative estimate of drug-likeness (QED) is 0.601. The number of carbonyl (C=O) groups excluding carboxylic acids is 2. The number of alkyl halides is 1. The molecule has 3 rings (SSSR count). The van der Waals surface area contributed by atoms with E-state index >= 15 is 0 Å². The average molecular weight is 444 g/mol. The van der Waals surface area contributed by atoms with Gasteiger partial charge in [0, 0.05) is 17.7 Å². The predicted molar refractivity (Wildman–Crippen MR) is 121 cm³/mol. The highest BCUT2D eigenvalue weighted by Crippen LogP contribution is 2.47. The number of rotatable bonds is 6. The van der Waals surface area contributed by atoms with Crippen molar-refractivity contribution in [1.29, 1.82) is 0 Å². The highest BCUT2D eigenvalue weighted by molar-refractivity contribution is 6.33. The summed E-state index contributed by atoms with van der Waals surface area (Å²) in [5.74, 6) is -0.644. The van der Waals surface area contributed by atoms with Crippen molar-refractivity contribution in [2.45, 2.75) is 64.0 Å². The van der Waals surface area contributed by atoms with Crippen molar-refractivity contribution in [3.05, 3.63) is 53.1 Å². The molecule has 7 heteroatoms. The minimum absolute atomic E-state index is 0.00345. The Morgan fingerprint density at radius 3 is 2.55 bits per heavy atom. The van der Waals surface area contributed by atoms with E-state index in [4.69, 9.17) is 26.8 Å². The van der Waals surface area contributed by atoms with Crippen LogP contribution in [0, 0.1) is 6.92 Å². The zero-order valence-electron chi connectivity index (χ0n) is 18.5. The number of amides is 2. The van der Waals surface area contributed by atoms with Crippen molar-refractivity contribution in [2.24, 2.45) is 0 Å². The first kappa shape index (κ1) is 22.9. The normalized spacial score (nSPS) is 18.8. The van der Waals surface area contributed by atoms with Crippen LogP contribution in [-0.4, -0.2) is 22.5 Å². The number of benzene rings is 2. The Morgan fingerprint density at radius 1 is 1.32 bits per heavy atom. The van der Waals surface area contributed by atoms with Crippen molar-refractivity contribution in [1.82, 2.24) is 5.73 Å². The van der Waals surface area contributed by atoms with Gasteiger partial charge < -0.3 is 14.8 Å². The largest absolute Gasteiger partial charge is 0.488 e. The van der Waals surface area contributed by atoms with Crippen LogP contribution in [0.1, 0.15) is 67.9 Å². The third-order valence-corrected chi connectivity index (χ3v) is 5.98. The SMILES string of the molecule is CCC(Cl)(Oc1c(C)cc2c(c1C(=O)Nc1ccccc1)C(C)CC(C)(C)O2)C([NH])=O. The summed E-state index contributed by atoms with van der Waals surface area (Å²) in [6.07, 6.45) is 0.775. The third-order valence-electron chi connectivity index (χ3n) is 5.46. The summed E-state index contributed by atoms with van der Waals surface area (Å²) in [7, 11) is 0. The first-order valence-corrected chi connectivity index (χ1v) is 10.7. The second-order valence-electron chi connectivity index (χ2n) is 8.61. The number of ether oxygens (including phenoxy) is 2. The fourth-order valence-electron chi connectivity index (χ4n) is 4.05. The molecule has 0 aliphatic carbocycles. The van der Waals surface area contributed by atoms with E-state index in [9.17, 15) is 9.59 Å². The lowest BCUT2D eigenvalue weighted by Crippen LogP contribution is -2.40. The zero-order chi connectivity index (χ0) is 23.0. The molecular weight excluding hydrogens is 416 g/mol. The molecular formula is C24H28ClN2O4. The van der Waals surface area contributed by atoms with Gasteiger partial charge >= 0.3 is 0 Å². The van der Waals surface area contributed by atoms with Crippen LogP contribution in [0.3, 0.4) is 0 Å². The van der Waals surface area contributed by atoms with Crippen LogP contribution in [-0.2, 0) is 4.79 Å². The monoisotopic (exact) mass is 443 g/mol. The summed E-state index contributed by atoms with van der Waals surface area (Å²) in [5.41, 5.74) is 9.40. The molecule has 165 valence electrons. The number of fused-ring (bicyclic) bond motifs is 1. The molecule has 1 aliphatic rings. The highest BCUT2D eigenvalue weighted by Gasteiger charge is 2.41. The van der Waals surface area contributed by atoms with Gasteiger partial charge in [0.15, 0.2) is 0 Å². The summed E-state index contributed by atoms with van der Waals surface area (Å²) in [4.78, 5) is 25.4. The first-order valence-electron chi connectivity index (χ1n) is 10.3. The van der Waals surface area contributed by atoms with Gasteiger partial charge in [-0.3, -0.25) is 15.3 Å². The second-order valence-corrected chi connectivity index (χ2v) is 9.22. The Morgan fingerprint density at radius 2 is 1.97 bits per heavy atom. The molecule has 31 heavy (non-hydrogen) atoms. The lowest BCUT2D eigenvalue weighted by molar-refractivity contribution is -0.128. The Kier molecular flexibility index (Phi) is 6.23. The lowest BCUT2D eigenvalue weighted by Gasteiger charge is -2.38. The molecule has 2 N–H and O–H groups in total. The summed E-state index contributed by atoms with van der Waals surface area (Å²) >= 11 is 6.34. The van der Waals surface area contributed by atoms with E-state index in [1.807, 2.05) is 45.0 Å². The molecule has 2 amide bonds. The number of hydrogen-bond donors (Lipinski definition) is 1. The van der Waals surface area contributed by atoms with Gasteiger partial charge in [0.25, 0.3) is 16.9 Å². The van der Waals surface area contributed by atoms with Crippen LogP contribution in [0.2, 0.25) is 0 Å². The molecule has 1 heterocycles. The second kappa shape index (κ2) is 8.42. The van der Waals surface area contributed by atoms with Crippen molar-refractivity contribution in [3.8, 4) is 11.5 Å². The van der Waals surface area contributed by atoms with E-state index in [1.165, 1.54) is 0 Å². The maximum atomic E-state index is 13.5. The van der Waals surface area contributed by atoms with Gasteiger partial charge in [-0.05, 0) is 56.9 Å². The summed E-state index contributed by atoms with van der Waals surface area (Å²) in [6, 6.07) is 10.9. The number of hydrogen-bond acceptors (Lipinski definition) is 4. The highest BCUT2D eigenvalue weighted by atomic mass is 35.5.